The highest BCUT2D eigenvalue weighted by Gasteiger charge is 2.13. The van der Waals surface area contributed by atoms with Gasteiger partial charge in [-0.3, -0.25) is 9.67 Å². The predicted octanol–water partition coefficient (Wildman–Crippen LogP) is 3.30. The van der Waals surface area contributed by atoms with Crippen LogP contribution in [-0.2, 0) is 0 Å². The number of phenols is 1. The zero-order valence-corrected chi connectivity index (χ0v) is 10.8. The van der Waals surface area contributed by atoms with Crippen LogP contribution in [0.4, 0.5) is 0 Å². The summed E-state index contributed by atoms with van der Waals surface area (Å²) in [7, 11) is 0. The van der Waals surface area contributed by atoms with Crippen LogP contribution >= 0.6 is 12.2 Å². The predicted molar refractivity (Wildman–Crippen MR) is 75.8 cm³/mol. The van der Waals surface area contributed by atoms with E-state index in [1.807, 2.05) is 36.4 Å². The highest BCUT2D eigenvalue weighted by atomic mass is 32.1. The summed E-state index contributed by atoms with van der Waals surface area (Å²) in [6.07, 6.45) is 0. The van der Waals surface area contributed by atoms with Gasteiger partial charge in [-0.2, -0.15) is 5.10 Å². The van der Waals surface area contributed by atoms with Gasteiger partial charge in [0.2, 0.25) is 0 Å². The number of hydrogen-bond donors (Lipinski definition) is 2. The summed E-state index contributed by atoms with van der Waals surface area (Å²) in [6.45, 7) is 0. The Kier molecular flexibility index (Phi) is 2.89. The average Bonchev–Trinajstić information content (AvgIpc) is 2.82. The Hall–Kier alpha value is -2.40. The molecule has 0 aliphatic rings. The maximum absolute atomic E-state index is 9.94. The zero-order chi connectivity index (χ0) is 13.2. The molecule has 0 fully saturated rings. The molecule has 0 radical (unpaired) electrons. The molecule has 3 rings (SSSR count). The molecule has 0 spiro atoms. The molecule has 0 saturated carbocycles. The molecule has 4 nitrogen and oxygen atoms in total. The number of aromatic amines is 1. The summed E-state index contributed by atoms with van der Waals surface area (Å²) in [6, 6.07) is 16.7. The van der Waals surface area contributed by atoms with E-state index in [-0.39, 0.29) is 5.75 Å². The van der Waals surface area contributed by atoms with Crippen LogP contribution < -0.4 is 0 Å². The number of nitrogens with one attached hydrogen (secondary N) is 1. The third kappa shape index (κ3) is 2.04. The Labute approximate surface area is 115 Å². The summed E-state index contributed by atoms with van der Waals surface area (Å²) >= 11 is 5.26. The van der Waals surface area contributed by atoms with Crippen LogP contribution in [0.3, 0.4) is 0 Å². The lowest BCUT2D eigenvalue weighted by atomic mass is 10.2. The Morgan fingerprint density at radius 1 is 1.00 bits per heavy atom. The van der Waals surface area contributed by atoms with Gasteiger partial charge in [0.25, 0.3) is 0 Å². The standard InChI is InChI=1S/C14H11N3OS/c18-12-9-5-4-8-11(12)13-15-16-14(19)17(13)10-6-2-1-3-7-10/h1-9,18H,(H,16,19). The minimum atomic E-state index is 0.175. The van der Waals surface area contributed by atoms with E-state index in [0.717, 1.165) is 5.69 Å². The summed E-state index contributed by atoms with van der Waals surface area (Å²) < 4.78 is 2.29. The third-order valence-electron chi connectivity index (χ3n) is 2.83. The first kappa shape index (κ1) is 11.7. The molecule has 0 bridgehead atoms. The number of nitrogens with zero attached hydrogens (tertiary/aromatic N) is 2. The van der Waals surface area contributed by atoms with Crippen LogP contribution in [0.1, 0.15) is 0 Å². The zero-order valence-electron chi connectivity index (χ0n) is 9.95. The minimum Gasteiger partial charge on any atom is -0.507 e. The summed E-state index contributed by atoms with van der Waals surface area (Å²) in [5.74, 6) is 0.767. The molecule has 3 aromatic rings. The molecule has 0 aliphatic heterocycles. The molecule has 5 heteroatoms. The van der Waals surface area contributed by atoms with Crippen LogP contribution in [0.5, 0.6) is 5.75 Å². The number of hydrogen-bond acceptors (Lipinski definition) is 3. The van der Waals surface area contributed by atoms with Crippen molar-refractivity contribution in [2.45, 2.75) is 0 Å². The number of para-hydroxylation sites is 2. The van der Waals surface area contributed by atoms with Crippen molar-refractivity contribution in [2.75, 3.05) is 0 Å². The average molecular weight is 269 g/mol. The maximum Gasteiger partial charge on any atom is 0.200 e. The molecule has 0 unspecified atom stereocenters. The van der Waals surface area contributed by atoms with E-state index in [4.69, 9.17) is 12.2 Å². The van der Waals surface area contributed by atoms with Crippen LogP contribution in [-0.4, -0.2) is 19.9 Å². The quantitative estimate of drug-likeness (QED) is 0.702. The van der Waals surface area contributed by atoms with Crippen molar-refractivity contribution in [3.05, 3.63) is 59.4 Å². The summed E-state index contributed by atoms with van der Waals surface area (Å²) in [5.41, 5.74) is 1.54. The van der Waals surface area contributed by atoms with Gasteiger partial charge in [-0.15, -0.1) is 0 Å². The normalized spacial score (nSPS) is 10.5. The molecule has 0 amide bonds. The van der Waals surface area contributed by atoms with Crippen molar-refractivity contribution in [3.63, 3.8) is 0 Å². The van der Waals surface area contributed by atoms with Gasteiger partial charge in [-0.05, 0) is 36.5 Å². The summed E-state index contributed by atoms with van der Waals surface area (Å²) in [4.78, 5) is 0. The van der Waals surface area contributed by atoms with Gasteiger partial charge in [-0.1, -0.05) is 30.3 Å². The van der Waals surface area contributed by atoms with Crippen LogP contribution in [0.2, 0.25) is 0 Å². The summed E-state index contributed by atoms with van der Waals surface area (Å²) in [5, 5.41) is 16.9. The van der Waals surface area contributed by atoms with Crippen LogP contribution in [0, 0.1) is 4.77 Å². The van der Waals surface area contributed by atoms with Gasteiger partial charge in [0.05, 0.1) is 5.56 Å². The first-order valence-electron chi connectivity index (χ1n) is 5.78. The fourth-order valence-corrected chi connectivity index (χ4v) is 2.19. The van der Waals surface area contributed by atoms with Crippen molar-refractivity contribution in [1.82, 2.24) is 14.8 Å². The van der Waals surface area contributed by atoms with E-state index >= 15 is 0 Å². The lowest BCUT2D eigenvalue weighted by molar-refractivity contribution is 0.476. The number of H-pyrrole nitrogens is 1. The Morgan fingerprint density at radius 3 is 2.42 bits per heavy atom. The highest BCUT2D eigenvalue weighted by molar-refractivity contribution is 7.71. The highest BCUT2D eigenvalue weighted by Crippen LogP contribution is 2.28. The molecule has 19 heavy (non-hydrogen) atoms. The second kappa shape index (κ2) is 4.70. The Bertz CT molecular complexity index is 762. The number of phenolic OH excluding ortho intramolecular Hbond substituents is 1. The largest absolute Gasteiger partial charge is 0.507 e. The lowest BCUT2D eigenvalue weighted by Crippen LogP contribution is -1.97. The van der Waals surface area contributed by atoms with Gasteiger partial charge in [0.1, 0.15) is 5.75 Å². The smallest absolute Gasteiger partial charge is 0.200 e. The van der Waals surface area contributed by atoms with E-state index in [9.17, 15) is 5.11 Å². The van der Waals surface area contributed by atoms with Crippen molar-refractivity contribution in [2.24, 2.45) is 0 Å². The molecule has 2 aromatic carbocycles. The van der Waals surface area contributed by atoms with Crippen molar-refractivity contribution in [1.29, 1.82) is 0 Å². The molecule has 0 aliphatic carbocycles. The monoisotopic (exact) mass is 269 g/mol. The third-order valence-corrected chi connectivity index (χ3v) is 3.11. The second-order valence-electron chi connectivity index (χ2n) is 4.04. The molecular weight excluding hydrogens is 258 g/mol. The molecule has 94 valence electrons. The van der Waals surface area contributed by atoms with E-state index in [0.29, 0.717) is 16.2 Å². The maximum atomic E-state index is 9.94. The lowest BCUT2D eigenvalue weighted by Gasteiger charge is -2.07. The first-order chi connectivity index (χ1) is 9.27. The SMILES string of the molecule is Oc1ccccc1-c1n[nH]c(=S)n1-c1ccccc1. The topological polar surface area (TPSA) is 53.8 Å². The fourth-order valence-electron chi connectivity index (χ4n) is 1.96. The van der Waals surface area contributed by atoms with E-state index < -0.39 is 0 Å². The number of aromatic nitrogens is 3. The number of benzene rings is 2. The molecule has 2 N–H and O–H groups in total. The van der Waals surface area contributed by atoms with Gasteiger partial charge < -0.3 is 5.11 Å². The second-order valence-corrected chi connectivity index (χ2v) is 4.43. The van der Waals surface area contributed by atoms with E-state index in [1.54, 1.807) is 22.8 Å². The van der Waals surface area contributed by atoms with Crippen molar-refractivity contribution in [3.8, 4) is 22.8 Å². The number of rotatable bonds is 2. The molecule has 0 saturated heterocycles. The van der Waals surface area contributed by atoms with Gasteiger partial charge in [0.15, 0.2) is 10.6 Å². The van der Waals surface area contributed by atoms with E-state index in [2.05, 4.69) is 10.2 Å². The van der Waals surface area contributed by atoms with E-state index in [1.165, 1.54) is 0 Å². The molecule has 1 heterocycles. The van der Waals surface area contributed by atoms with Crippen molar-refractivity contribution >= 4 is 12.2 Å². The minimum absolute atomic E-state index is 0.175. The van der Waals surface area contributed by atoms with Gasteiger partial charge in [-0.25, -0.2) is 0 Å². The van der Waals surface area contributed by atoms with Gasteiger partial charge in [0, 0.05) is 5.69 Å². The first-order valence-corrected chi connectivity index (χ1v) is 6.19. The number of aromatic hydroxyl groups is 1. The molecule has 1 aromatic heterocycles. The van der Waals surface area contributed by atoms with Gasteiger partial charge >= 0.3 is 0 Å². The Morgan fingerprint density at radius 2 is 1.68 bits per heavy atom. The molecular formula is C14H11N3OS. The van der Waals surface area contributed by atoms with Crippen LogP contribution in [0.15, 0.2) is 54.6 Å². The van der Waals surface area contributed by atoms with Crippen LogP contribution in [0.25, 0.3) is 17.1 Å². The molecule has 0 atom stereocenters. The Balaban J connectivity index is 2.26. The van der Waals surface area contributed by atoms with Crippen molar-refractivity contribution < 1.29 is 5.11 Å². The fraction of sp³-hybridized carbons (Fsp3) is 0.